The van der Waals surface area contributed by atoms with Crippen molar-refractivity contribution in [1.29, 1.82) is 0 Å². The highest BCUT2D eigenvalue weighted by atomic mass is 32.3. The number of allylic oxidation sites excluding steroid dienone is 2. The number of nitrogens with one attached hydrogen (secondary N) is 1. The summed E-state index contributed by atoms with van der Waals surface area (Å²) >= 11 is 0. The van der Waals surface area contributed by atoms with E-state index in [1.54, 1.807) is 24.4 Å². The number of hydrogen-bond donors (Lipinski definition) is 1. The van der Waals surface area contributed by atoms with Gasteiger partial charge in [0.15, 0.2) is 0 Å². The molecule has 0 aliphatic heterocycles. The van der Waals surface area contributed by atoms with E-state index in [1.807, 2.05) is 13.0 Å². The predicted molar refractivity (Wildman–Crippen MR) is 112 cm³/mol. The number of rotatable bonds is 4. The van der Waals surface area contributed by atoms with Crippen LogP contribution >= 0.6 is 0 Å². The first kappa shape index (κ1) is 20.3. The zero-order valence-electron chi connectivity index (χ0n) is 16.6. The van der Waals surface area contributed by atoms with E-state index in [0.717, 1.165) is 16.8 Å². The second kappa shape index (κ2) is 7.37. The van der Waals surface area contributed by atoms with Crippen LogP contribution in [-0.2, 0) is 22.4 Å². The summed E-state index contributed by atoms with van der Waals surface area (Å²) in [4.78, 5) is 19.8. The van der Waals surface area contributed by atoms with Crippen LogP contribution in [0, 0.1) is 5.92 Å². The molecule has 4 rings (SSSR count). The number of hydrogen-bond acceptors (Lipinski definition) is 6. The van der Waals surface area contributed by atoms with Crippen molar-refractivity contribution in [2.75, 3.05) is 0 Å². The number of aromatic amines is 1. The Balaban J connectivity index is 1.88. The van der Waals surface area contributed by atoms with E-state index in [4.69, 9.17) is 4.99 Å². The van der Waals surface area contributed by atoms with Crippen molar-refractivity contribution in [1.82, 2.24) is 4.98 Å². The standard InChI is InChI=1S/C22H22N2O5S/c1-3-17-16-10-14(2)12-22(17,18-8-9-21(25)24-19(18)11-16)23-13-15-6-4-5-7-20(15)29-30(26,27)28/h3-10,13,16H,11-12H2,1-2H3,(H,24,25)(H,26,27,28)/p-1/b17-3+,23-13?/t16-,22+/m0/s1. The molecule has 0 saturated carbocycles. The van der Waals surface area contributed by atoms with Gasteiger partial charge in [0, 0.05) is 41.4 Å². The van der Waals surface area contributed by atoms with Crippen molar-refractivity contribution < 1.29 is 17.2 Å². The molecule has 30 heavy (non-hydrogen) atoms. The van der Waals surface area contributed by atoms with Crippen LogP contribution in [0.3, 0.4) is 0 Å². The van der Waals surface area contributed by atoms with E-state index in [9.17, 15) is 17.8 Å². The minimum atomic E-state index is -4.91. The molecule has 2 atom stereocenters. The van der Waals surface area contributed by atoms with Gasteiger partial charge >= 0.3 is 0 Å². The summed E-state index contributed by atoms with van der Waals surface area (Å²) in [6, 6.07) is 9.65. The third-order valence-corrected chi connectivity index (χ3v) is 6.00. The highest BCUT2D eigenvalue weighted by Gasteiger charge is 2.46. The molecule has 0 radical (unpaired) electrons. The Morgan fingerprint density at radius 1 is 1.27 bits per heavy atom. The largest absolute Gasteiger partial charge is 0.716 e. The molecular weight excluding hydrogens is 404 g/mol. The molecule has 1 aromatic carbocycles. The van der Waals surface area contributed by atoms with E-state index < -0.39 is 15.9 Å². The van der Waals surface area contributed by atoms with Crippen molar-refractivity contribution in [3.63, 3.8) is 0 Å². The number of benzene rings is 1. The molecule has 2 aliphatic carbocycles. The number of aromatic nitrogens is 1. The topological polar surface area (TPSA) is 112 Å². The SMILES string of the molecule is C/C=C1\[C@H]2C=C(C)C[C@]1(N=Cc1ccccc1OS(=O)(=O)[O-])c1ccc(=O)[nH]c1C2. The molecule has 1 N–H and O–H groups in total. The molecule has 2 aliphatic rings. The zero-order chi connectivity index (χ0) is 21.5. The summed E-state index contributed by atoms with van der Waals surface area (Å²) < 4.78 is 37.9. The fourth-order valence-corrected chi connectivity index (χ4v) is 4.98. The quantitative estimate of drug-likeness (QED) is 0.350. The zero-order valence-corrected chi connectivity index (χ0v) is 17.4. The fourth-order valence-electron chi connectivity index (χ4n) is 4.61. The van der Waals surface area contributed by atoms with Crippen LogP contribution in [0.15, 0.2) is 69.5 Å². The van der Waals surface area contributed by atoms with E-state index in [1.165, 1.54) is 17.7 Å². The van der Waals surface area contributed by atoms with Crippen molar-refractivity contribution in [2.45, 2.75) is 32.2 Å². The Morgan fingerprint density at radius 2 is 2.03 bits per heavy atom. The highest BCUT2D eigenvalue weighted by molar-refractivity contribution is 7.81. The van der Waals surface area contributed by atoms with Gasteiger partial charge in [0.25, 0.3) is 10.4 Å². The average molecular weight is 425 g/mol. The molecule has 7 nitrogen and oxygen atoms in total. The lowest BCUT2D eigenvalue weighted by Gasteiger charge is -2.45. The van der Waals surface area contributed by atoms with Gasteiger partial charge in [0.05, 0.1) is 0 Å². The van der Waals surface area contributed by atoms with E-state index in [0.29, 0.717) is 18.4 Å². The van der Waals surface area contributed by atoms with E-state index in [2.05, 4.69) is 28.2 Å². The fraction of sp³-hybridized carbons (Fsp3) is 0.273. The lowest BCUT2D eigenvalue weighted by atomic mass is 9.63. The van der Waals surface area contributed by atoms with Crippen LogP contribution in [-0.4, -0.2) is 24.2 Å². The average Bonchev–Trinajstić information content (AvgIpc) is 2.65. The molecule has 8 heteroatoms. The van der Waals surface area contributed by atoms with Gasteiger partial charge < -0.3 is 13.7 Å². The van der Waals surface area contributed by atoms with Crippen molar-refractivity contribution in [3.05, 3.63) is 86.9 Å². The molecule has 156 valence electrons. The van der Waals surface area contributed by atoms with Crippen LogP contribution in [0.5, 0.6) is 5.75 Å². The van der Waals surface area contributed by atoms with Gasteiger partial charge in [-0.15, -0.1) is 0 Å². The highest BCUT2D eigenvalue weighted by Crippen LogP contribution is 2.51. The normalized spacial score (nSPS) is 24.6. The molecular formula is C22H21N2O5S-. The monoisotopic (exact) mass is 425 g/mol. The van der Waals surface area contributed by atoms with Gasteiger partial charge in [0.2, 0.25) is 5.56 Å². The first-order valence-corrected chi connectivity index (χ1v) is 10.9. The van der Waals surface area contributed by atoms with Gasteiger partial charge in [0.1, 0.15) is 11.3 Å². The summed E-state index contributed by atoms with van der Waals surface area (Å²) in [6.45, 7) is 4.03. The minimum Gasteiger partial charge on any atom is -0.716 e. The third kappa shape index (κ3) is 3.64. The Labute approximate surface area is 174 Å². The summed E-state index contributed by atoms with van der Waals surface area (Å²) in [7, 11) is -4.91. The molecule has 1 heterocycles. The maximum atomic E-state index is 11.9. The number of para-hydroxylation sites is 1. The third-order valence-electron chi connectivity index (χ3n) is 5.61. The Bertz CT molecular complexity index is 1260. The van der Waals surface area contributed by atoms with Crippen molar-refractivity contribution >= 4 is 16.6 Å². The maximum absolute atomic E-state index is 11.9. The molecule has 0 fully saturated rings. The lowest BCUT2D eigenvalue weighted by Crippen LogP contribution is -2.40. The van der Waals surface area contributed by atoms with Gasteiger partial charge in [-0.05, 0) is 44.0 Å². The van der Waals surface area contributed by atoms with E-state index >= 15 is 0 Å². The van der Waals surface area contributed by atoms with Crippen LogP contribution in [0.1, 0.15) is 37.1 Å². The van der Waals surface area contributed by atoms with Crippen LogP contribution in [0.2, 0.25) is 0 Å². The maximum Gasteiger partial charge on any atom is 0.262 e. The van der Waals surface area contributed by atoms with Gasteiger partial charge in [-0.25, -0.2) is 8.42 Å². The van der Waals surface area contributed by atoms with Gasteiger partial charge in [-0.1, -0.05) is 29.9 Å². The summed E-state index contributed by atoms with van der Waals surface area (Å²) in [5.74, 6) is 0.0340. The minimum absolute atomic E-state index is 0.0770. The second-order valence-electron chi connectivity index (χ2n) is 7.61. The smallest absolute Gasteiger partial charge is 0.262 e. The molecule has 0 amide bonds. The Hall–Kier alpha value is -2.97. The molecule has 2 bridgehead atoms. The van der Waals surface area contributed by atoms with Crippen LogP contribution in [0.25, 0.3) is 0 Å². The van der Waals surface area contributed by atoms with Gasteiger partial charge in [-0.3, -0.25) is 9.79 Å². The number of H-pyrrole nitrogens is 1. The number of pyridine rings is 1. The first-order valence-electron chi connectivity index (χ1n) is 9.58. The Kier molecular flexibility index (Phi) is 4.99. The van der Waals surface area contributed by atoms with Crippen LogP contribution < -0.4 is 9.74 Å². The Morgan fingerprint density at radius 3 is 2.77 bits per heavy atom. The first-order chi connectivity index (χ1) is 14.2. The summed E-state index contributed by atoms with van der Waals surface area (Å²) in [5, 5.41) is 0. The molecule has 1 aromatic heterocycles. The lowest BCUT2D eigenvalue weighted by molar-refractivity contribution is 0.372. The van der Waals surface area contributed by atoms with Crippen molar-refractivity contribution in [3.8, 4) is 5.75 Å². The van der Waals surface area contributed by atoms with Crippen molar-refractivity contribution in [2.24, 2.45) is 10.9 Å². The van der Waals surface area contributed by atoms with Gasteiger partial charge in [-0.2, -0.15) is 0 Å². The molecule has 2 aromatic rings. The second-order valence-corrected chi connectivity index (χ2v) is 8.59. The number of aliphatic imine (C=N–C) groups is 1. The van der Waals surface area contributed by atoms with Crippen LogP contribution in [0.4, 0.5) is 0 Å². The summed E-state index contributed by atoms with van der Waals surface area (Å²) in [5.41, 5.74) is 3.58. The summed E-state index contributed by atoms with van der Waals surface area (Å²) in [6.07, 6.45) is 7.12. The number of nitrogens with zero attached hydrogens (tertiary/aromatic N) is 1. The molecule has 0 saturated heterocycles. The number of fused-ring (bicyclic) bond motifs is 4. The molecule has 0 spiro atoms. The van der Waals surface area contributed by atoms with E-state index in [-0.39, 0.29) is 17.2 Å². The predicted octanol–water partition coefficient (Wildman–Crippen LogP) is 3.00. The molecule has 0 unspecified atom stereocenters.